The Kier molecular flexibility index (Phi) is 2.76. The van der Waals surface area contributed by atoms with E-state index in [1.54, 1.807) is 19.1 Å². The molecule has 0 unspecified atom stereocenters. The van der Waals surface area contributed by atoms with Gasteiger partial charge in [0.15, 0.2) is 0 Å². The van der Waals surface area contributed by atoms with Crippen molar-refractivity contribution in [1.29, 1.82) is 0 Å². The first kappa shape index (κ1) is 10.6. The first-order chi connectivity index (χ1) is 7.12. The second-order valence-corrected chi connectivity index (χ2v) is 4.11. The Bertz CT molecular complexity index is 357. The number of aliphatic hydroxyl groups is 1. The van der Waals surface area contributed by atoms with Crippen LogP contribution in [0.5, 0.6) is 0 Å². The van der Waals surface area contributed by atoms with Crippen molar-refractivity contribution in [3.05, 3.63) is 35.1 Å². The molecule has 1 aromatic rings. The van der Waals surface area contributed by atoms with E-state index < -0.39 is 5.60 Å². The van der Waals surface area contributed by atoms with Crippen molar-refractivity contribution in [3.63, 3.8) is 0 Å². The molecule has 2 rings (SSSR count). The van der Waals surface area contributed by atoms with Crippen molar-refractivity contribution in [1.82, 2.24) is 0 Å². The predicted octanol–water partition coefficient (Wildman–Crippen LogP) is 2.13. The highest BCUT2D eigenvalue weighted by atomic mass is 19.1. The van der Waals surface area contributed by atoms with Crippen molar-refractivity contribution in [2.45, 2.75) is 25.4 Å². The Morgan fingerprint density at radius 3 is 2.60 bits per heavy atom. The highest BCUT2D eigenvalue weighted by Gasteiger charge is 2.31. The second kappa shape index (κ2) is 3.91. The minimum absolute atomic E-state index is 0.227. The molecule has 1 heterocycles. The fourth-order valence-electron chi connectivity index (χ4n) is 1.93. The minimum Gasteiger partial charge on any atom is -0.385 e. The minimum atomic E-state index is -0.837. The van der Waals surface area contributed by atoms with Gasteiger partial charge in [0.05, 0.1) is 5.60 Å². The Balaban J connectivity index is 2.31. The number of hydrogen-bond donors (Lipinski definition) is 1. The van der Waals surface area contributed by atoms with E-state index in [0.29, 0.717) is 31.6 Å². The summed E-state index contributed by atoms with van der Waals surface area (Å²) in [4.78, 5) is 0. The molecule has 3 heteroatoms. The number of halogens is 1. The van der Waals surface area contributed by atoms with E-state index in [0.717, 1.165) is 5.56 Å². The summed E-state index contributed by atoms with van der Waals surface area (Å²) in [5, 5.41) is 10.4. The van der Waals surface area contributed by atoms with Gasteiger partial charge in [-0.15, -0.1) is 0 Å². The van der Waals surface area contributed by atoms with Crippen LogP contribution in [0.4, 0.5) is 4.39 Å². The molecule has 1 saturated heterocycles. The number of aryl methyl sites for hydroxylation is 1. The topological polar surface area (TPSA) is 29.5 Å². The van der Waals surface area contributed by atoms with Crippen molar-refractivity contribution in [2.75, 3.05) is 13.2 Å². The van der Waals surface area contributed by atoms with Crippen LogP contribution in [0.15, 0.2) is 18.2 Å². The van der Waals surface area contributed by atoms with E-state index in [-0.39, 0.29) is 5.82 Å². The van der Waals surface area contributed by atoms with Crippen molar-refractivity contribution in [2.24, 2.45) is 0 Å². The van der Waals surface area contributed by atoms with E-state index >= 15 is 0 Å². The predicted molar refractivity (Wildman–Crippen MR) is 55.1 cm³/mol. The number of hydrogen-bond acceptors (Lipinski definition) is 2. The third-order valence-corrected chi connectivity index (χ3v) is 3.02. The van der Waals surface area contributed by atoms with E-state index in [4.69, 9.17) is 4.74 Å². The quantitative estimate of drug-likeness (QED) is 0.769. The Morgan fingerprint density at radius 1 is 1.33 bits per heavy atom. The lowest BCUT2D eigenvalue weighted by atomic mass is 9.86. The molecule has 1 aliphatic rings. The Hall–Kier alpha value is -0.930. The van der Waals surface area contributed by atoms with Gasteiger partial charge in [0.2, 0.25) is 0 Å². The highest BCUT2D eigenvalue weighted by Crippen LogP contribution is 2.32. The summed E-state index contributed by atoms with van der Waals surface area (Å²) >= 11 is 0. The number of ether oxygens (including phenoxy) is 1. The summed E-state index contributed by atoms with van der Waals surface area (Å²) < 4.78 is 18.3. The lowest BCUT2D eigenvalue weighted by Crippen LogP contribution is -2.33. The molecule has 0 atom stereocenters. The molecule has 0 spiro atoms. The summed E-state index contributed by atoms with van der Waals surface area (Å²) in [5.41, 5.74) is 0.536. The van der Waals surface area contributed by atoms with Gasteiger partial charge in [-0.2, -0.15) is 0 Å². The Labute approximate surface area is 88.7 Å². The summed E-state index contributed by atoms with van der Waals surface area (Å²) in [6.07, 6.45) is 1.16. The van der Waals surface area contributed by atoms with Crippen LogP contribution in [-0.4, -0.2) is 18.3 Å². The SMILES string of the molecule is Cc1cc(C2(O)CCOCC2)ccc1F. The molecule has 2 nitrogen and oxygen atoms in total. The highest BCUT2D eigenvalue weighted by molar-refractivity contribution is 5.29. The van der Waals surface area contributed by atoms with Gasteiger partial charge in [-0.25, -0.2) is 4.39 Å². The Morgan fingerprint density at radius 2 is 2.00 bits per heavy atom. The molecule has 1 fully saturated rings. The van der Waals surface area contributed by atoms with Crippen LogP contribution < -0.4 is 0 Å². The summed E-state index contributed by atoms with van der Waals surface area (Å²) in [7, 11) is 0. The fraction of sp³-hybridized carbons (Fsp3) is 0.500. The zero-order valence-electron chi connectivity index (χ0n) is 8.79. The maximum Gasteiger partial charge on any atom is 0.126 e. The molecule has 0 amide bonds. The number of benzene rings is 1. The van der Waals surface area contributed by atoms with E-state index in [1.165, 1.54) is 6.07 Å². The van der Waals surface area contributed by atoms with Crippen LogP contribution in [0.25, 0.3) is 0 Å². The largest absolute Gasteiger partial charge is 0.385 e. The maximum atomic E-state index is 13.1. The lowest BCUT2D eigenvalue weighted by molar-refractivity contribution is -0.0679. The first-order valence-corrected chi connectivity index (χ1v) is 5.19. The molecule has 1 aromatic carbocycles. The van der Waals surface area contributed by atoms with Gasteiger partial charge in [-0.05, 0) is 24.1 Å². The third kappa shape index (κ3) is 2.03. The smallest absolute Gasteiger partial charge is 0.126 e. The maximum absolute atomic E-state index is 13.1. The standard InChI is InChI=1S/C12H15FO2/c1-9-8-10(2-3-11(9)13)12(14)4-6-15-7-5-12/h2-3,8,14H,4-7H2,1H3. The van der Waals surface area contributed by atoms with Crippen LogP contribution in [-0.2, 0) is 10.3 Å². The van der Waals surface area contributed by atoms with Gasteiger partial charge in [0.1, 0.15) is 5.82 Å². The molecule has 0 radical (unpaired) electrons. The van der Waals surface area contributed by atoms with Crippen LogP contribution >= 0.6 is 0 Å². The van der Waals surface area contributed by atoms with Gasteiger partial charge in [-0.1, -0.05) is 12.1 Å². The molecule has 0 bridgehead atoms. The normalized spacial score (nSPS) is 20.2. The molecule has 82 valence electrons. The molecular formula is C12H15FO2. The van der Waals surface area contributed by atoms with Gasteiger partial charge < -0.3 is 9.84 Å². The monoisotopic (exact) mass is 210 g/mol. The zero-order valence-corrected chi connectivity index (χ0v) is 8.79. The van der Waals surface area contributed by atoms with Gasteiger partial charge in [0, 0.05) is 26.1 Å². The molecule has 1 N–H and O–H groups in total. The molecule has 0 aromatic heterocycles. The van der Waals surface area contributed by atoms with E-state index in [2.05, 4.69) is 0 Å². The van der Waals surface area contributed by atoms with Crippen LogP contribution in [0.3, 0.4) is 0 Å². The van der Waals surface area contributed by atoms with E-state index in [1.807, 2.05) is 0 Å². The summed E-state index contributed by atoms with van der Waals surface area (Å²) in [5.74, 6) is -0.227. The molecule has 15 heavy (non-hydrogen) atoms. The first-order valence-electron chi connectivity index (χ1n) is 5.19. The van der Waals surface area contributed by atoms with E-state index in [9.17, 15) is 9.50 Å². The second-order valence-electron chi connectivity index (χ2n) is 4.11. The lowest BCUT2D eigenvalue weighted by Gasteiger charge is -2.32. The van der Waals surface area contributed by atoms with Crippen molar-refractivity contribution in [3.8, 4) is 0 Å². The van der Waals surface area contributed by atoms with Crippen LogP contribution in [0, 0.1) is 12.7 Å². The van der Waals surface area contributed by atoms with Crippen LogP contribution in [0.1, 0.15) is 24.0 Å². The average Bonchev–Trinajstić information content (AvgIpc) is 2.23. The number of rotatable bonds is 1. The van der Waals surface area contributed by atoms with Gasteiger partial charge in [-0.3, -0.25) is 0 Å². The van der Waals surface area contributed by atoms with Crippen molar-refractivity contribution < 1.29 is 14.2 Å². The molecular weight excluding hydrogens is 195 g/mol. The van der Waals surface area contributed by atoms with Gasteiger partial charge in [0.25, 0.3) is 0 Å². The van der Waals surface area contributed by atoms with Crippen molar-refractivity contribution >= 4 is 0 Å². The average molecular weight is 210 g/mol. The molecule has 0 saturated carbocycles. The summed E-state index contributed by atoms with van der Waals surface area (Å²) in [6, 6.07) is 4.80. The summed E-state index contributed by atoms with van der Waals surface area (Å²) in [6.45, 7) is 2.83. The third-order valence-electron chi connectivity index (χ3n) is 3.02. The molecule has 0 aliphatic carbocycles. The molecule has 1 aliphatic heterocycles. The van der Waals surface area contributed by atoms with Crippen LogP contribution in [0.2, 0.25) is 0 Å². The fourth-order valence-corrected chi connectivity index (χ4v) is 1.93. The zero-order chi connectivity index (χ0) is 10.9. The van der Waals surface area contributed by atoms with Gasteiger partial charge >= 0.3 is 0 Å².